The van der Waals surface area contributed by atoms with Crippen molar-refractivity contribution >= 4 is 30.9 Å². The van der Waals surface area contributed by atoms with Crippen molar-refractivity contribution in [2.24, 2.45) is 0 Å². The Morgan fingerprint density at radius 3 is 2.41 bits per heavy atom. The van der Waals surface area contributed by atoms with Crippen LogP contribution in [0.25, 0.3) is 22.2 Å². The van der Waals surface area contributed by atoms with Gasteiger partial charge in [0.15, 0.2) is 17.4 Å². The number of aromatic nitrogens is 2. The van der Waals surface area contributed by atoms with Crippen molar-refractivity contribution in [1.82, 2.24) is 9.55 Å². The average molecular weight is 613 g/mol. The number of benzene rings is 3. The molecule has 0 atom stereocenters. The predicted molar refractivity (Wildman–Crippen MR) is 167 cm³/mol. The van der Waals surface area contributed by atoms with E-state index in [0.717, 1.165) is 18.2 Å². The van der Waals surface area contributed by atoms with Crippen LogP contribution >= 0.6 is 0 Å². The summed E-state index contributed by atoms with van der Waals surface area (Å²) >= 11 is 0. The molecule has 0 bridgehead atoms. The van der Waals surface area contributed by atoms with Gasteiger partial charge in [0, 0.05) is 50.3 Å². The van der Waals surface area contributed by atoms with Crippen LogP contribution in [0.2, 0.25) is 25.7 Å². The summed E-state index contributed by atoms with van der Waals surface area (Å²) in [6, 6.07) is 21.9. The van der Waals surface area contributed by atoms with E-state index < -0.39 is 31.6 Å². The van der Waals surface area contributed by atoms with Crippen LogP contribution in [-0.2, 0) is 11.5 Å². The van der Waals surface area contributed by atoms with Crippen LogP contribution in [0, 0.1) is 23.0 Å². The van der Waals surface area contributed by atoms with Crippen LogP contribution in [0.4, 0.5) is 19.3 Å². The largest absolute Gasteiger partial charge is 0.450 e. The molecule has 0 aliphatic carbocycles. The van der Waals surface area contributed by atoms with Crippen LogP contribution in [0.1, 0.15) is 5.56 Å². The number of halogens is 2. The van der Waals surface area contributed by atoms with Crippen LogP contribution in [0.15, 0.2) is 85.2 Å². The molecule has 0 saturated heterocycles. The lowest BCUT2D eigenvalue weighted by atomic mass is 10.0. The van der Waals surface area contributed by atoms with E-state index in [-0.39, 0.29) is 23.9 Å². The number of nitrogens with one attached hydrogen (secondary N) is 1. The van der Waals surface area contributed by atoms with Gasteiger partial charge in [-0.05, 0) is 30.3 Å². The van der Waals surface area contributed by atoms with E-state index in [0.29, 0.717) is 34.3 Å². The molecule has 0 saturated carbocycles. The van der Waals surface area contributed by atoms with Crippen molar-refractivity contribution in [2.75, 3.05) is 11.9 Å². The minimum Gasteiger partial charge on any atom is -0.450 e. The summed E-state index contributed by atoms with van der Waals surface area (Å²) in [5.41, 5.74) is 1.92. The number of hydrogen-bond acceptors (Lipinski definition) is 6. The van der Waals surface area contributed by atoms with Crippen molar-refractivity contribution < 1.29 is 27.8 Å². The van der Waals surface area contributed by atoms with Crippen molar-refractivity contribution in [2.45, 2.75) is 32.4 Å². The molecular weight excluding hydrogens is 582 g/mol. The number of nitrogens with zero attached hydrogens (tertiary/aromatic N) is 3. The fraction of sp³-hybridized carbons (Fsp3) is 0.182. The highest BCUT2D eigenvalue weighted by Crippen LogP contribution is 2.40. The summed E-state index contributed by atoms with van der Waals surface area (Å²) in [6.45, 7) is 7.56. The first-order valence-electron chi connectivity index (χ1n) is 13.9. The summed E-state index contributed by atoms with van der Waals surface area (Å²) in [5.74, 6) is -2.36. The third-order valence-electron chi connectivity index (χ3n) is 6.69. The lowest BCUT2D eigenvalue weighted by Gasteiger charge is -2.15. The molecule has 0 spiro atoms. The molecule has 5 rings (SSSR count). The minimum atomic E-state index is -1.31. The van der Waals surface area contributed by atoms with Gasteiger partial charge < -0.3 is 18.8 Å². The van der Waals surface area contributed by atoms with Crippen molar-refractivity contribution in [3.63, 3.8) is 0 Å². The molecule has 3 aromatic carbocycles. The number of ether oxygens (including phenoxy) is 3. The topological polar surface area (TPSA) is 98.4 Å². The monoisotopic (exact) mass is 612 g/mol. The Hall–Kier alpha value is -5.05. The molecule has 1 N–H and O–H groups in total. The highest BCUT2D eigenvalue weighted by Gasteiger charge is 2.22. The second-order valence-corrected chi connectivity index (χ2v) is 16.8. The van der Waals surface area contributed by atoms with Crippen molar-refractivity contribution in [1.29, 1.82) is 5.26 Å². The zero-order valence-electron chi connectivity index (χ0n) is 24.4. The number of anilines is 1. The molecule has 2 heterocycles. The Balaban J connectivity index is 1.48. The number of hydrogen-bond donors (Lipinski definition) is 1. The van der Waals surface area contributed by atoms with Gasteiger partial charge in [-0.1, -0.05) is 56.0 Å². The molecule has 0 aliphatic rings. The molecule has 1 amide bonds. The lowest BCUT2D eigenvalue weighted by Crippen LogP contribution is -2.22. The first kappa shape index (κ1) is 30.4. The normalized spacial score (nSPS) is 11.3. The average Bonchev–Trinajstić information content (AvgIpc) is 3.36. The molecule has 224 valence electrons. The zero-order chi connectivity index (χ0) is 31.3. The summed E-state index contributed by atoms with van der Waals surface area (Å²) in [7, 11) is -1.31. The lowest BCUT2D eigenvalue weighted by molar-refractivity contribution is 0.0899. The van der Waals surface area contributed by atoms with E-state index in [4.69, 9.17) is 14.2 Å². The van der Waals surface area contributed by atoms with Gasteiger partial charge in [-0.3, -0.25) is 5.32 Å². The molecule has 0 radical (unpaired) electrons. The molecule has 0 fully saturated rings. The van der Waals surface area contributed by atoms with Gasteiger partial charge in [0.2, 0.25) is 0 Å². The third kappa shape index (κ3) is 7.11. The van der Waals surface area contributed by atoms with Gasteiger partial charge in [0.25, 0.3) is 0 Å². The summed E-state index contributed by atoms with van der Waals surface area (Å²) < 4.78 is 49.3. The summed E-state index contributed by atoms with van der Waals surface area (Å²) in [4.78, 5) is 16.8. The van der Waals surface area contributed by atoms with Crippen LogP contribution in [0.5, 0.6) is 17.2 Å². The number of para-hydroxylation sites is 1. The van der Waals surface area contributed by atoms with Crippen LogP contribution in [0.3, 0.4) is 0 Å². The van der Waals surface area contributed by atoms with Crippen LogP contribution < -0.4 is 14.8 Å². The number of amides is 1. The molecule has 2 aromatic heterocycles. The van der Waals surface area contributed by atoms with Gasteiger partial charge in [-0.2, -0.15) is 5.26 Å². The van der Waals surface area contributed by atoms with Crippen molar-refractivity contribution in [3.8, 4) is 34.4 Å². The first-order chi connectivity index (χ1) is 21.1. The number of fused-ring (bicyclic) bond motifs is 1. The van der Waals surface area contributed by atoms with Gasteiger partial charge in [0.05, 0.1) is 22.7 Å². The number of rotatable bonds is 10. The number of carbonyl (C=O) groups is 1. The van der Waals surface area contributed by atoms with E-state index in [9.17, 15) is 10.1 Å². The number of nitriles is 1. The van der Waals surface area contributed by atoms with E-state index in [2.05, 4.69) is 36.0 Å². The maximum absolute atomic E-state index is 15.3. The Bertz CT molecular complexity index is 1830. The smallest absolute Gasteiger partial charge is 0.417 e. The molecule has 11 heteroatoms. The van der Waals surface area contributed by atoms with Crippen molar-refractivity contribution in [3.05, 3.63) is 102 Å². The SMILES string of the molecule is C[Si](C)(C)CCOCn1cc(-c2ccccc2C#N)c2c(Oc3c(F)cc(NC(=O)Oc4ccccc4)cc3F)ccnc21. The summed E-state index contributed by atoms with van der Waals surface area (Å²) in [6.07, 6.45) is 2.36. The molecule has 0 aliphatic heterocycles. The Morgan fingerprint density at radius 1 is 1.00 bits per heavy atom. The second-order valence-electron chi connectivity index (χ2n) is 11.2. The maximum atomic E-state index is 15.3. The van der Waals surface area contributed by atoms with E-state index in [1.54, 1.807) is 65.4 Å². The highest BCUT2D eigenvalue weighted by atomic mass is 28.3. The number of pyridine rings is 1. The molecule has 44 heavy (non-hydrogen) atoms. The fourth-order valence-electron chi connectivity index (χ4n) is 4.51. The van der Waals surface area contributed by atoms with Crippen LogP contribution in [-0.4, -0.2) is 30.3 Å². The first-order valence-corrected chi connectivity index (χ1v) is 17.6. The quantitative estimate of drug-likeness (QED) is 0.125. The van der Waals surface area contributed by atoms with E-state index in [1.807, 2.05) is 0 Å². The van der Waals surface area contributed by atoms with Gasteiger partial charge in [-0.25, -0.2) is 18.6 Å². The molecular formula is C33H30F2N4O4Si. The Morgan fingerprint density at radius 2 is 1.70 bits per heavy atom. The highest BCUT2D eigenvalue weighted by molar-refractivity contribution is 6.76. The standard InChI is InChI=1S/C33H30F2N4O4Si/c1-44(2,3)16-15-41-21-39-20-26(25-12-8-7-9-22(25)19-36)30-29(13-14-37-32(30)39)43-31-27(34)17-23(18-28(31)35)38-33(40)42-24-10-5-4-6-11-24/h4-14,17-18,20H,15-16,21H2,1-3H3,(H,38,40). The van der Waals surface area contributed by atoms with E-state index in [1.165, 1.54) is 12.3 Å². The zero-order valence-corrected chi connectivity index (χ0v) is 25.4. The Labute approximate surface area is 254 Å². The third-order valence-corrected chi connectivity index (χ3v) is 8.40. The minimum absolute atomic E-state index is 0.126. The maximum Gasteiger partial charge on any atom is 0.417 e. The van der Waals surface area contributed by atoms with Gasteiger partial charge >= 0.3 is 6.09 Å². The molecule has 0 unspecified atom stereocenters. The van der Waals surface area contributed by atoms with Gasteiger partial charge in [0.1, 0.15) is 23.9 Å². The predicted octanol–water partition coefficient (Wildman–Crippen LogP) is 8.57. The Kier molecular flexibility index (Phi) is 9.03. The second kappa shape index (κ2) is 13.1. The molecule has 5 aromatic rings. The molecule has 8 nitrogen and oxygen atoms in total. The van der Waals surface area contributed by atoms with E-state index >= 15 is 8.78 Å². The summed E-state index contributed by atoms with van der Waals surface area (Å²) in [5, 5.41) is 12.6. The van der Waals surface area contributed by atoms with Gasteiger partial charge in [-0.15, -0.1) is 0 Å². The number of carbonyl (C=O) groups excluding carboxylic acids is 1. The fourth-order valence-corrected chi connectivity index (χ4v) is 5.27.